The van der Waals surface area contributed by atoms with Gasteiger partial charge in [-0.15, -0.1) is 0 Å². The molecule has 0 radical (unpaired) electrons. The van der Waals surface area contributed by atoms with Crippen LogP contribution in [-0.2, 0) is 48.0 Å². The van der Waals surface area contributed by atoms with E-state index in [2.05, 4.69) is 10.0 Å². The molecule has 2 aromatic rings. The van der Waals surface area contributed by atoms with Crippen molar-refractivity contribution in [1.29, 1.82) is 0 Å². The number of likely N-dealkylation sites (tertiary alicyclic amines) is 2. The fourth-order valence-electron chi connectivity index (χ4n) is 6.40. The van der Waals surface area contributed by atoms with E-state index in [1.54, 1.807) is 49.2 Å². The fourth-order valence-corrected chi connectivity index (χ4v) is 7.74. The van der Waals surface area contributed by atoms with Crippen molar-refractivity contribution in [3.05, 3.63) is 70.8 Å². The summed E-state index contributed by atoms with van der Waals surface area (Å²) in [5.41, 5.74) is 9.26. The first-order valence-corrected chi connectivity index (χ1v) is 17.9. The van der Waals surface area contributed by atoms with Gasteiger partial charge in [0.1, 0.15) is 12.1 Å². The largest absolute Gasteiger partial charge is 0.350 e. The second-order valence-electron chi connectivity index (χ2n) is 12.7. The molecule has 0 bridgehead atoms. The standard InChI is InChI=1S/C34H48N6O6S/c1-24-11-12-28(20-35)29(18-24)21-36-33(43)31-10-7-15-40(31)34(44)30(37-47(45,46)23-27-8-5-4-6-9-27)19-32(42)38(3)22-26-13-16-39(17-14-26)25(2)41/h4-6,8-9,11-12,18,26,30-31,37H,7,10,13-17,19-23,35H2,1-3H3,(H,36,43)/t30-,31+/m1/s1. The third-order valence-corrected chi connectivity index (χ3v) is 10.4. The van der Waals surface area contributed by atoms with Crippen molar-refractivity contribution in [2.24, 2.45) is 11.7 Å². The average molecular weight is 669 g/mol. The molecule has 0 saturated carbocycles. The topological polar surface area (TPSA) is 162 Å². The SMILES string of the molecule is CC(=O)N1CCC(CN(C)C(=O)C[C@@H](NS(=O)(=O)Cc2ccccc2)C(=O)N2CCC[C@H]2C(=O)NCc2cc(C)ccc2CN)CC1. The maximum atomic E-state index is 14.1. The van der Waals surface area contributed by atoms with Crippen molar-refractivity contribution < 1.29 is 27.6 Å². The van der Waals surface area contributed by atoms with E-state index in [-0.39, 0.29) is 48.9 Å². The Morgan fingerprint density at radius 1 is 1.00 bits per heavy atom. The molecule has 0 aromatic heterocycles. The molecule has 4 rings (SSSR count). The molecule has 2 aliphatic rings. The van der Waals surface area contributed by atoms with Crippen molar-refractivity contribution in [3.8, 4) is 0 Å². The van der Waals surface area contributed by atoms with E-state index in [1.165, 1.54) is 9.80 Å². The summed E-state index contributed by atoms with van der Waals surface area (Å²) >= 11 is 0. The Hall–Kier alpha value is -3.81. The zero-order chi connectivity index (χ0) is 34.1. The van der Waals surface area contributed by atoms with Crippen molar-refractivity contribution in [3.63, 3.8) is 0 Å². The van der Waals surface area contributed by atoms with Gasteiger partial charge in [-0.2, -0.15) is 0 Å². The van der Waals surface area contributed by atoms with Gasteiger partial charge >= 0.3 is 0 Å². The number of rotatable bonds is 13. The third-order valence-electron chi connectivity index (χ3n) is 9.09. The lowest BCUT2D eigenvalue weighted by Gasteiger charge is -2.34. The van der Waals surface area contributed by atoms with Gasteiger partial charge < -0.3 is 25.8 Å². The maximum absolute atomic E-state index is 14.1. The fraction of sp³-hybridized carbons (Fsp3) is 0.529. The molecule has 2 aliphatic heterocycles. The van der Waals surface area contributed by atoms with E-state index in [4.69, 9.17) is 5.73 Å². The van der Waals surface area contributed by atoms with E-state index in [1.807, 2.05) is 25.1 Å². The van der Waals surface area contributed by atoms with E-state index in [0.717, 1.165) is 29.5 Å². The molecule has 13 heteroatoms. The molecule has 12 nitrogen and oxygen atoms in total. The van der Waals surface area contributed by atoms with Gasteiger partial charge in [0.2, 0.25) is 33.7 Å². The predicted octanol–water partition coefficient (Wildman–Crippen LogP) is 1.66. The monoisotopic (exact) mass is 668 g/mol. The van der Waals surface area contributed by atoms with Gasteiger partial charge in [-0.3, -0.25) is 19.2 Å². The Bertz CT molecular complexity index is 1530. The van der Waals surface area contributed by atoms with Crippen LogP contribution in [0.1, 0.15) is 61.3 Å². The lowest BCUT2D eigenvalue weighted by molar-refractivity contribution is -0.142. The molecule has 256 valence electrons. The highest BCUT2D eigenvalue weighted by atomic mass is 32.2. The summed E-state index contributed by atoms with van der Waals surface area (Å²) in [4.78, 5) is 57.4. The smallest absolute Gasteiger partial charge is 0.243 e. The minimum atomic E-state index is -4.04. The first kappa shape index (κ1) is 36.0. The summed E-state index contributed by atoms with van der Waals surface area (Å²) in [5.74, 6) is -1.47. The Labute approximate surface area is 278 Å². The maximum Gasteiger partial charge on any atom is 0.243 e. The molecule has 2 fully saturated rings. The first-order valence-electron chi connectivity index (χ1n) is 16.3. The van der Waals surface area contributed by atoms with Crippen LogP contribution in [0.5, 0.6) is 0 Å². The van der Waals surface area contributed by atoms with Gasteiger partial charge in [-0.25, -0.2) is 13.1 Å². The van der Waals surface area contributed by atoms with Crippen LogP contribution in [0.15, 0.2) is 48.5 Å². The van der Waals surface area contributed by atoms with Gasteiger partial charge in [0.25, 0.3) is 0 Å². The van der Waals surface area contributed by atoms with E-state index < -0.39 is 28.0 Å². The molecule has 0 spiro atoms. The van der Waals surface area contributed by atoms with Crippen molar-refractivity contribution in [1.82, 2.24) is 24.7 Å². The number of piperidine rings is 1. The van der Waals surface area contributed by atoms with Gasteiger partial charge in [-0.1, -0.05) is 54.1 Å². The Balaban J connectivity index is 1.47. The van der Waals surface area contributed by atoms with Crippen molar-refractivity contribution in [2.75, 3.05) is 33.2 Å². The molecule has 47 heavy (non-hydrogen) atoms. The number of aryl methyl sites for hydroxylation is 1. The molecule has 0 aliphatic carbocycles. The highest BCUT2D eigenvalue weighted by Crippen LogP contribution is 2.22. The number of hydrogen-bond acceptors (Lipinski definition) is 7. The molecule has 2 saturated heterocycles. The molecule has 2 atom stereocenters. The molecule has 4 N–H and O–H groups in total. The van der Waals surface area contributed by atoms with Crippen molar-refractivity contribution in [2.45, 2.75) is 76.9 Å². The summed E-state index contributed by atoms with van der Waals surface area (Å²) in [5, 5.41) is 2.94. The van der Waals surface area contributed by atoms with Crippen LogP contribution in [0, 0.1) is 12.8 Å². The van der Waals surface area contributed by atoms with Crippen LogP contribution in [0.4, 0.5) is 0 Å². The van der Waals surface area contributed by atoms with Crippen LogP contribution in [-0.4, -0.2) is 92.1 Å². The number of benzene rings is 2. The zero-order valence-corrected chi connectivity index (χ0v) is 28.4. The number of hydrogen-bond donors (Lipinski definition) is 3. The van der Waals surface area contributed by atoms with Crippen LogP contribution >= 0.6 is 0 Å². The van der Waals surface area contributed by atoms with Gasteiger partial charge in [0.05, 0.1) is 12.2 Å². The zero-order valence-electron chi connectivity index (χ0n) is 27.6. The number of amides is 4. The van der Waals surface area contributed by atoms with Crippen LogP contribution < -0.4 is 15.8 Å². The van der Waals surface area contributed by atoms with Crippen LogP contribution in [0.3, 0.4) is 0 Å². The number of nitrogens with zero attached hydrogens (tertiary/aromatic N) is 3. The number of carbonyl (C=O) groups excluding carboxylic acids is 4. The molecule has 4 amide bonds. The van der Waals surface area contributed by atoms with E-state index >= 15 is 0 Å². The molecule has 2 aromatic carbocycles. The molecule has 2 heterocycles. The number of sulfonamides is 1. The normalized spacial score (nSPS) is 17.7. The minimum absolute atomic E-state index is 0.0291. The summed E-state index contributed by atoms with van der Waals surface area (Å²) in [6, 6.07) is 12.3. The summed E-state index contributed by atoms with van der Waals surface area (Å²) in [7, 11) is -2.39. The number of nitrogens with two attached hydrogens (primary N) is 1. The van der Waals surface area contributed by atoms with E-state index in [0.29, 0.717) is 44.6 Å². The third kappa shape index (κ3) is 10.1. The lowest BCUT2D eigenvalue weighted by Crippen LogP contribution is -2.54. The van der Waals surface area contributed by atoms with Gasteiger partial charge in [-0.05, 0) is 55.2 Å². The lowest BCUT2D eigenvalue weighted by atomic mass is 9.96. The van der Waals surface area contributed by atoms with Crippen LogP contribution in [0.2, 0.25) is 0 Å². The molecule has 0 unspecified atom stereocenters. The molecular formula is C34H48N6O6S. The summed E-state index contributed by atoms with van der Waals surface area (Å²) < 4.78 is 29.1. The second-order valence-corrected chi connectivity index (χ2v) is 14.5. The highest BCUT2D eigenvalue weighted by molar-refractivity contribution is 7.88. The van der Waals surface area contributed by atoms with Gasteiger partial charge in [0, 0.05) is 53.2 Å². The number of carbonyl (C=O) groups is 4. The summed E-state index contributed by atoms with van der Waals surface area (Å²) in [6.45, 7) is 6.01. The van der Waals surface area contributed by atoms with E-state index in [9.17, 15) is 27.6 Å². The highest BCUT2D eigenvalue weighted by Gasteiger charge is 2.39. The Morgan fingerprint density at radius 2 is 1.70 bits per heavy atom. The second kappa shape index (κ2) is 16.3. The van der Waals surface area contributed by atoms with Gasteiger partial charge in [0.15, 0.2) is 0 Å². The average Bonchev–Trinajstić information content (AvgIpc) is 3.53. The molecular weight excluding hydrogens is 620 g/mol. The summed E-state index contributed by atoms with van der Waals surface area (Å²) in [6.07, 6.45) is 2.11. The predicted molar refractivity (Wildman–Crippen MR) is 179 cm³/mol. The number of nitrogens with one attached hydrogen (secondary N) is 2. The quantitative estimate of drug-likeness (QED) is 0.292. The Kier molecular flexibility index (Phi) is 12.5. The van der Waals surface area contributed by atoms with Crippen molar-refractivity contribution >= 4 is 33.7 Å². The minimum Gasteiger partial charge on any atom is -0.350 e. The Morgan fingerprint density at radius 3 is 2.36 bits per heavy atom. The van der Waals surface area contributed by atoms with Crippen LogP contribution in [0.25, 0.3) is 0 Å². The first-order chi connectivity index (χ1) is 22.4.